The number of nitrogens with zero attached hydrogens (tertiary/aromatic N) is 1. The molecule has 3 aromatic rings. The number of rotatable bonds is 5. The molecule has 1 saturated heterocycles. The van der Waals surface area contributed by atoms with Crippen molar-refractivity contribution < 1.29 is 18.5 Å². The molecule has 2 atom stereocenters. The molecule has 0 N–H and O–H groups in total. The normalized spacial score (nSPS) is 20.4. The number of methoxy groups -OCH3 is 1. The number of hydrogen-bond acceptors (Lipinski definition) is 3. The first kappa shape index (κ1) is 21.2. The highest BCUT2D eigenvalue weighted by molar-refractivity contribution is 7.64. The van der Waals surface area contributed by atoms with Crippen molar-refractivity contribution in [3.8, 4) is 0 Å². The van der Waals surface area contributed by atoms with E-state index in [-0.39, 0.29) is 17.0 Å². The molecule has 6 heteroatoms. The first-order valence-electron chi connectivity index (χ1n) is 10.2. The van der Waals surface area contributed by atoms with Gasteiger partial charge in [0.05, 0.1) is 18.4 Å². The summed E-state index contributed by atoms with van der Waals surface area (Å²) in [7, 11) is -2.08. The van der Waals surface area contributed by atoms with E-state index in [0.717, 1.165) is 11.1 Å². The summed E-state index contributed by atoms with van der Waals surface area (Å²) in [5, 5.41) is 0. The maximum atomic E-state index is 14.7. The molecular weight excluding hydrogens is 412 g/mol. The van der Waals surface area contributed by atoms with Crippen molar-refractivity contribution in [2.24, 2.45) is 4.76 Å². The number of halogens is 1. The Morgan fingerprint density at radius 1 is 0.871 bits per heavy atom. The van der Waals surface area contributed by atoms with E-state index in [0.29, 0.717) is 18.4 Å². The Morgan fingerprint density at radius 2 is 1.35 bits per heavy atom. The molecule has 0 aliphatic carbocycles. The van der Waals surface area contributed by atoms with Crippen molar-refractivity contribution in [2.45, 2.75) is 24.2 Å². The third-order valence-corrected chi connectivity index (χ3v) is 9.14. The van der Waals surface area contributed by atoms with Crippen LogP contribution in [0, 0.1) is 5.82 Å². The summed E-state index contributed by atoms with van der Waals surface area (Å²) >= 11 is 0. The van der Waals surface area contributed by atoms with Gasteiger partial charge in [0.1, 0.15) is 5.82 Å². The Morgan fingerprint density at radius 3 is 1.81 bits per heavy atom. The van der Waals surface area contributed by atoms with Crippen molar-refractivity contribution in [2.75, 3.05) is 7.11 Å². The molecule has 31 heavy (non-hydrogen) atoms. The summed E-state index contributed by atoms with van der Waals surface area (Å²) in [6, 6.07) is 24.7. The van der Waals surface area contributed by atoms with Crippen LogP contribution in [-0.4, -0.2) is 18.8 Å². The van der Waals surface area contributed by atoms with Gasteiger partial charge in [-0.05, 0) is 48.2 Å². The lowest BCUT2D eigenvalue weighted by atomic mass is 10.0. The van der Waals surface area contributed by atoms with Gasteiger partial charge in [0.25, 0.3) is 0 Å². The molecule has 0 bridgehead atoms. The first-order chi connectivity index (χ1) is 15.0. The van der Waals surface area contributed by atoms with Crippen LogP contribution in [0.2, 0.25) is 0 Å². The molecule has 3 aromatic carbocycles. The zero-order valence-corrected chi connectivity index (χ0v) is 18.0. The lowest BCUT2D eigenvalue weighted by molar-refractivity contribution is -0.132. The Kier molecular flexibility index (Phi) is 6.15. The van der Waals surface area contributed by atoms with Crippen LogP contribution in [0.15, 0.2) is 89.7 Å². The molecule has 0 spiro atoms. The van der Waals surface area contributed by atoms with E-state index in [1.54, 1.807) is 0 Å². The largest absolute Gasteiger partial charge is 0.464 e. The predicted molar refractivity (Wildman–Crippen MR) is 120 cm³/mol. The Bertz CT molecular complexity index is 1080. The minimum Gasteiger partial charge on any atom is -0.464 e. The molecule has 1 aliphatic rings. The minimum absolute atomic E-state index is 0.0328. The number of carbonyl (C=O) groups excluding carboxylic acids is 1. The quantitative estimate of drug-likeness (QED) is 0.267. The Balaban J connectivity index is 1.89. The summed E-state index contributed by atoms with van der Waals surface area (Å²) in [6.07, 6.45) is 1.39. The highest BCUT2D eigenvalue weighted by Crippen LogP contribution is 2.77. The van der Waals surface area contributed by atoms with Crippen molar-refractivity contribution in [3.05, 3.63) is 107 Å². The van der Waals surface area contributed by atoms with E-state index in [1.165, 1.54) is 31.4 Å². The van der Waals surface area contributed by atoms with E-state index in [2.05, 4.69) is 4.76 Å². The molecule has 1 aliphatic heterocycles. The van der Waals surface area contributed by atoms with Crippen LogP contribution in [0.3, 0.4) is 0 Å². The van der Waals surface area contributed by atoms with Crippen LogP contribution >= 0.6 is 7.29 Å². The molecule has 1 fully saturated rings. The van der Waals surface area contributed by atoms with Gasteiger partial charge in [0, 0.05) is 5.56 Å². The Labute approximate surface area is 181 Å². The Hall–Kier alpha value is -3.04. The topological polar surface area (TPSA) is 55.7 Å². The van der Waals surface area contributed by atoms with Crippen LogP contribution in [0.25, 0.3) is 0 Å². The van der Waals surface area contributed by atoms with Crippen molar-refractivity contribution in [1.29, 1.82) is 0 Å². The van der Waals surface area contributed by atoms with Crippen molar-refractivity contribution in [3.63, 3.8) is 0 Å². The fourth-order valence-corrected chi connectivity index (χ4v) is 7.69. The monoisotopic (exact) mass is 435 g/mol. The molecule has 158 valence electrons. The smallest absolute Gasteiger partial charge is 0.357 e. The van der Waals surface area contributed by atoms with Crippen molar-refractivity contribution in [1.82, 2.24) is 0 Å². The number of ether oxygens (including phenoxy) is 1. The van der Waals surface area contributed by atoms with Gasteiger partial charge in [-0.2, -0.15) is 0 Å². The van der Waals surface area contributed by atoms with Gasteiger partial charge < -0.3 is 4.74 Å². The van der Waals surface area contributed by atoms with E-state index in [1.807, 2.05) is 60.7 Å². The summed E-state index contributed by atoms with van der Waals surface area (Å²) in [4.78, 5) is 12.6. The minimum atomic E-state index is -3.34. The van der Waals surface area contributed by atoms with E-state index < -0.39 is 19.1 Å². The fraction of sp³-hybridized carbons (Fsp3) is 0.200. The molecular formula is C25H23FNO3P. The van der Waals surface area contributed by atoms with Crippen LogP contribution in [-0.2, 0) is 14.1 Å². The maximum absolute atomic E-state index is 14.7. The van der Waals surface area contributed by atoms with Gasteiger partial charge in [-0.1, -0.05) is 60.7 Å². The summed E-state index contributed by atoms with van der Waals surface area (Å²) in [5.41, 5.74) is 1.62. The molecule has 0 radical (unpaired) electrons. The molecule has 0 amide bonds. The third-order valence-electron chi connectivity index (χ3n) is 5.73. The standard InChI is InChI=1S/C25H23FNO3P/c1-30-25(28)24(20-12-14-21(26)15-13-20)27-31(29)22(18-8-4-2-5-9-18)16-17-23(31)19-10-6-3-7-11-19/h2-15,22-23H,16-17H2,1H3/b27-24-/t22-,23-/m0/s1. The summed E-state index contributed by atoms with van der Waals surface area (Å²) in [6.45, 7) is 0. The third kappa shape index (κ3) is 4.24. The average molecular weight is 435 g/mol. The molecule has 1 heterocycles. The fourth-order valence-electron chi connectivity index (χ4n) is 4.23. The van der Waals surface area contributed by atoms with Crippen LogP contribution in [0.5, 0.6) is 0 Å². The predicted octanol–water partition coefficient (Wildman–Crippen LogP) is 6.34. The lowest BCUT2D eigenvalue weighted by Gasteiger charge is -2.24. The molecule has 0 aromatic heterocycles. The second kappa shape index (κ2) is 8.99. The summed E-state index contributed by atoms with van der Waals surface area (Å²) in [5.74, 6) is -1.11. The maximum Gasteiger partial charge on any atom is 0.357 e. The highest BCUT2D eigenvalue weighted by atomic mass is 31.2. The van der Waals surface area contributed by atoms with E-state index >= 15 is 0 Å². The van der Waals surface area contributed by atoms with Crippen molar-refractivity contribution >= 4 is 19.0 Å². The van der Waals surface area contributed by atoms with E-state index in [9.17, 15) is 13.8 Å². The number of carbonyl (C=O) groups is 1. The van der Waals surface area contributed by atoms with Gasteiger partial charge in [0.2, 0.25) is 7.29 Å². The van der Waals surface area contributed by atoms with E-state index in [4.69, 9.17) is 4.74 Å². The van der Waals surface area contributed by atoms with Gasteiger partial charge in [-0.25, -0.2) is 13.9 Å². The molecule has 4 rings (SSSR count). The first-order valence-corrected chi connectivity index (χ1v) is 12.0. The average Bonchev–Trinajstić information content (AvgIpc) is 3.15. The highest BCUT2D eigenvalue weighted by Gasteiger charge is 2.48. The SMILES string of the molecule is COC(=O)/C(=N\P1(=O)[C@H](c2ccccc2)CC[C@H]1c1ccccc1)c1ccc(F)cc1. The van der Waals surface area contributed by atoms with Crippen LogP contribution in [0.1, 0.15) is 40.8 Å². The zero-order chi connectivity index (χ0) is 21.8. The second-order valence-corrected chi connectivity index (χ2v) is 10.3. The summed E-state index contributed by atoms with van der Waals surface area (Å²) < 4.78 is 37.8. The van der Waals surface area contributed by atoms with Crippen LogP contribution in [0.4, 0.5) is 4.39 Å². The van der Waals surface area contributed by atoms with Gasteiger partial charge >= 0.3 is 5.97 Å². The second-order valence-electron chi connectivity index (χ2n) is 7.55. The number of esters is 1. The zero-order valence-electron chi connectivity index (χ0n) is 17.1. The van der Waals surface area contributed by atoms with Gasteiger partial charge in [-0.3, -0.25) is 4.57 Å². The molecule has 0 saturated carbocycles. The van der Waals surface area contributed by atoms with Gasteiger partial charge in [0.15, 0.2) is 5.71 Å². The molecule has 0 unspecified atom stereocenters. The van der Waals surface area contributed by atoms with Gasteiger partial charge in [-0.15, -0.1) is 0 Å². The number of hydrogen-bond donors (Lipinski definition) is 0. The molecule has 4 nitrogen and oxygen atoms in total. The van der Waals surface area contributed by atoms with Crippen LogP contribution < -0.4 is 0 Å². The lowest BCUT2D eigenvalue weighted by Crippen LogP contribution is -2.18. The number of benzene rings is 3.